The highest BCUT2D eigenvalue weighted by atomic mass is 16.5. The lowest BCUT2D eigenvalue weighted by atomic mass is 9.98. The average Bonchev–Trinajstić information content (AvgIpc) is 2.67. The van der Waals surface area contributed by atoms with E-state index in [9.17, 15) is 4.79 Å². The second kappa shape index (κ2) is 6.81. The van der Waals surface area contributed by atoms with Crippen molar-refractivity contribution in [3.63, 3.8) is 0 Å². The van der Waals surface area contributed by atoms with E-state index in [1.165, 1.54) is 0 Å². The molecule has 3 heteroatoms. The zero-order valence-electron chi connectivity index (χ0n) is 13.8. The molecule has 1 aliphatic rings. The summed E-state index contributed by atoms with van der Waals surface area (Å²) in [5, 5.41) is 0. The molecular formula is C22H18O3. The predicted octanol–water partition coefficient (Wildman–Crippen LogP) is 4.90. The third-order valence-electron chi connectivity index (χ3n) is 4.30. The van der Waals surface area contributed by atoms with Gasteiger partial charge in [-0.3, -0.25) is 4.79 Å². The van der Waals surface area contributed by atoms with Crippen LogP contribution in [0.25, 0.3) is 11.1 Å². The van der Waals surface area contributed by atoms with Crippen molar-refractivity contribution in [1.82, 2.24) is 0 Å². The van der Waals surface area contributed by atoms with Crippen LogP contribution in [0.3, 0.4) is 0 Å². The number of fused-ring (bicyclic) bond motifs is 1. The van der Waals surface area contributed by atoms with Crippen LogP contribution in [0.1, 0.15) is 22.3 Å². The molecule has 3 nitrogen and oxygen atoms in total. The molecule has 0 radical (unpaired) electrons. The minimum Gasteiger partial charge on any atom is -0.492 e. The van der Waals surface area contributed by atoms with Gasteiger partial charge in [0.1, 0.15) is 18.1 Å². The summed E-state index contributed by atoms with van der Waals surface area (Å²) in [4.78, 5) is 12.0. The van der Waals surface area contributed by atoms with Crippen LogP contribution in [0.15, 0.2) is 72.8 Å². The van der Waals surface area contributed by atoms with Crippen molar-refractivity contribution < 1.29 is 14.3 Å². The third-order valence-corrected chi connectivity index (χ3v) is 4.30. The van der Waals surface area contributed by atoms with E-state index >= 15 is 0 Å². The number of ketones is 1. The maximum Gasteiger partial charge on any atom is 0.169 e. The minimum absolute atomic E-state index is 0.140. The second-order valence-corrected chi connectivity index (χ2v) is 6.00. The fourth-order valence-electron chi connectivity index (χ4n) is 2.99. The van der Waals surface area contributed by atoms with Crippen molar-refractivity contribution in [2.75, 3.05) is 6.61 Å². The van der Waals surface area contributed by atoms with Gasteiger partial charge in [-0.25, -0.2) is 0 Å². The first-order valence-corrected chi connectivity index (χ1v) is 8.37. The molecule has 3 aromatic rings. The van der Waals surface area contributed by atoms with Crippen LogP contribution in [0.4, 0.5) is 0 Å². The maximum absolute atomic E-state index is 12.0. The van der Waals surface area contributed by atoms with E-state index in [0.29, 0.717) is 30.9 Å². The van der Waals surface area contributed by atoms with Gasteiger partial charge in [-0.1, -0.05) is 54.6 Å². The number of carbonyl (C=O) groups excluding carboxylic acids is 1. The molecule has 4 rings (SSSR count). The van der Waals surface area contributed by atoms with E-state index in [1.54, 1.807) is 0 Å². The highest BCUT2D eigenvalue weighted by molar-refractivity contribution is 6.00. The largest absolute Gasteiger partial charge is 0.492 e. The van der Waals surface area contributed by atoms with Gasteiger partial charge in [-0.15, -0.1) is 0 Å². The fraction of sp³-hybridized carbons (Fsp3) is 0.136. The molecule has 0 aromatic heterocycles. The van der Waals surface area contributed by atoms with Crippen molar-refractivity contribution in [1.29, 1.82) is 0 Å². The second-order valence-electron chi connectivity index (χ2n) is 6.00. The quantitative estimate of drug-likeness (QED) is 0.683. The van der Waals surface area contributed by atoms with Gasteiger partial charge in [0.2, 0.25) is 0 Å². The number of ether oxygens (including phenoxy) is 2. The van der Waals surface area contributed by atoms with Crippen molar-refractivity contribution in [2.45, 2.75) is 13.0 Å². The summed E-state index contributed by atoms with van der Waals surface area (Å²) in [5.74, 6) is 1.61. The Kier molecular flexibility index (Phi) is 4.21. The number of benzene rings is 3. The Balaban J connectivity index is 1.64. The van der Waals surface area contributed by atoms with Crippen LogP contribution >= 0.6 is 0 Å². The van der Waals surface area contributed by atoms with Gasteiger partial charge in [0.15, 0.2) is 5.78 Å². The van der Waals surface area contributed by atoms with E-state index < -0.39 is 0 Å². The van der Waals surface area contributed by atoms with E-state index in [4.69, 9.17) is 9.47 Å². The molecule has 0 aliphatic carbocycles. The molecule has 0 fully saturated rings. The van der Waals surface area contributed by atoms with E-state index in [1.807, 2.05) is 72.8 Å². The summed E-state index contributed by atoms with van der Waals surface area (Å²) in [7, 11) is 0. The third kappa shape index (κ3) is 3.26. The highest BCUT2D eigenvalue weighted by Gasteiger charge is 2.19. The van der Waals surface area contributed by atoms with Crippen molar-refractivity contribution in [3.8, 4) is 22.6 Å². The smallest absolute Gasteiger partial charge is 0.169 e. The molecule has 0 atom stereocenters. The molecular weight excluding hydrogens is 312 g/mol. The number of hydrogen-bond acceptors (Lipinski definition) is 3. The number of rotatable bonds is 4. The monoisotopic (exact) mass is 330 g/mol. The predicted molar refractivity (Wildman–Crippen MR) is 97.1 cm³/mol. The van der Waals surface area contributed by atoms with Crippen molar-refractivity contribution >= 4 is 5.78 Å². The van der Waals surface area contributed by atoms with Gasteiger partial charge < -0.3 is 9.47 Å². The molecule has 0 saturated carbocycles. The molecule has 25 heavy (non-hydrogen) atoms. The lowest BCUT2D eigenvalue weighted by Crippen LogP contribution is -2.15. The average molecular weight is 330 g/mol. The highest BCUT2D eigenvalue weighted by Crippen LogP contribution is 2.35. The standard InChI is InChI=1S/C22H18O3/c23-20-12-13-24-22-14-17(10-11-19(20)22)18-8-4-5-9-21(18)25-15-16-6-2-1-3-7-16/h1-11,14H,12-13,15H2. The maximum atomic E-state index is 12.0. The van der Waals surface area contributed by atoms with Crippen LogP contribution in [0.5, 0.6) is 11.5 Å². The zero-order valence-corrected chi connectivity index (χ0v) is 13.8. The number of Topliss-reactive ketones (excluding diaryl/α,β-unsaturated/α-hetero) is 1. The summed E-state index contributed by atoms with van der Waals surface area (Å²) in [6.45, 7) is 0.958. The summed E-state index contributed by atoms with van der Waals surface area (Å²) >= 11 is 0. The summed E-state index contributed by atoms with van der Waals surface area (Å²) in [6, 6.07) is 23.7. The molecule has 0 saturated heterocycles. The SMILES string of the molecule is O=C1CCOc2cc(-c3ccccc3OCc3ccccc3)ccc21. The molecule has 0 bridgehead atoms. The van der Waals surface area contributed by atoms with E-state index in [0.717, 1.165) is 22.4 Å². The number of carbonyl (C=O) groups is 1. The minimum atomic E-state index is 0.140. The Bertz CT molecular complexity index is 900. The van der Waals surface area contributed by atoms with Crippen LogP contribution in [0, 0.1) is 0 Å². The Morgan fingerprint density at radius 1 is 0.880 bits per heavy atom. The van der Waals surface area contributed by atoms with Crippen LogP contribution < -0.4 is 9.47 Å². The first kappa shape index (κ1) is 15.5. The van der Waals surface area contributed by atoms with E-state index in [2.05, 4.69) is 0 Å². The zero-order chi connectivity index (χ0) is 17.1. The van der Waals surface area contributed by atoms with Gasteiger partial charge in [-0.05, 0) is 29.3 Å². The summed E-state index contributed by atoms with van der Waals surface area (Å²) in [5.41, 5.74) is 3.76. The molecule has 0 spiro atoms. The fourth-order valence-corrected chi connectivity index (χ4v) is 2.99. The molecule has 0 unspecified atom stereocenters. The van der Waals surface area contributed by atoms with Crippen molar-refractivity contribution in [2.24, 2.45) is 0 Å². The first-order valence-electron chi connectivity index (χ1n) is 8.37. The van der Waals surface area contributed by atoms with Crippen LogP contribution in [0.2, 0.25) is 0 Å². The molecule has 1 heterocycles. The summed E-state index contributed by atoms with van der Waals surface area (Å²) in [6.07, 6.45) is 0.448. The topological polar surface area (TPSA) is 35.5 Å². The number of hydrogen-bond donors (Lipinski definition) is 0. The molecule has 0 N–H and O–H groups in total. The van der Waals surface area contributed by atoms with Gasteiger partial charge in [0.25, 0.3) is 0 Å². The lowest BCUT2D eigenvalue weighted by molar-refractivity contribution is 0.0933. The van der Waals surface area contributed by atoms with E-state index in [-0.39, 0.29) is 5.78 Å². The lowest BCUT2D eigenvalue weighted by Gasteiger charge is -2.18. The first-order chi connectivity index (χ1) is 12.3. The normalized spacial score (nSPS) is 13.0. The Labute approximate surface area is 146 Å². The number of para-hydroxylation sites is 1. The van der Waals surface area contributed by atoms with Crippen LogP contribution in [-0.2, 0) is 6.61 Å². The van der Waals surface area contributed by atoms with Gasteiger partial charge in [0, 0.05) is 12.0 Å². The van der Waals surface area contributed by atoms with Gasteiger partial charge >= 0.3 is 0 Å². The Morgan fingerprint density at radius 2 is 1.68 bits per heavy atom. The summed E-state index contributed by atoms with van der Waals surface area (Å²) < 4.78 is 11.7. The van der Waals surface area contributed by atoms with Crippen LogP contribution in [-0.4, -0.2) is 12.4 Å². The Morgan fingerprint density at radius 3 is 2.56 bits per heavy atom. The van der Waals surface area contributed by atoms with Gasteiger partial charge in [-0.2, -0.15) is 0 Å². The van der Waals surface area contributed by atoms with Crippen molar-refractivity contribution in [3.05, 3.63) is 83.9 Å². The Hall–Kier alpha value is -3.07. The molecule has 0 amide bonds. The molecule has 124 valence electrons. The van der Waals surface area contributed by atoms with Gasteiger partial charge in [0.05, 0.1) is 12.2 Å². The molecule has 1 aliphatic heterocycles. The molecule has 3 aromatic carbocycles.